The molecule has 82 valence electrons. The van der Waals surface area contributed by atoms with E-state index >= 15 is 0 Å². The minimum Gasteiger partial charge on any atom is -0.319 e. The third kappa shape index (κ3) is 3.80. The number of nitrogens with one attached hydrogen (secondary N) is 1. The van der Waals surface area contributed by atoms with Crippen molar-refractivity contribution in [3.05, 3.63) is 47.0 Å². The molecule has 1 rings (SSSR count). The van der Waals surface area contributed by atoms with Crippen LogP contribution in [-0.4, -0.2) is 13.6 Å². The van der Waals surface area contributed by atoms with Gasteiger partial charge in [-0.2, -0.15) is 0 Å². The fourth-order valence-corrected chi connectivity index (χ4v) is 2.17. The van der Waals surface area contributed by atoms with Crippen molar-refractivity contribution in [2.75, 3.05) is 13.6 Å². The summed E-state index contributed by atoms with van der Waals surface area (Å²) in [6.07, 6.45) is 3.04. The average Bonchev–Trinajstić information content (AvgIpc) is 2.18. The van der Waals surface area contributed by atoms with Gasteiger partial charge in [0.25, 0.3) is 0 Å². The Bertz CT molecular complexity index is 335. The molecule has 0 bridgehead atoms. The Morgan fingerprint density at radius 3 is 2.80 bits per heavy atom. The SMILES string of the molecule is C=CC(C)(CNC)Cc1cccc(Br)c1. The second-order valence-corrected chi connectivity index (χ2v) is 5.11. The zero-order valence-corrected chi connectivity index (χ0v) is 11.0. The van der Waals surface area contributed by atoms with Crippen molar-refractivity contribution in [1.82, 2.24) is 5.32 Å². The van der Waals surface area contributed by atoms with Gasteiger partial charge in [0.15, 0.2) is 0 Å². The molecule has 2 heteroatoms. The summed E-state index contributed by atoms with van der Waals surface area (Å²) >= 11 is 3.49. The molecule has 15 heavy (non-hydrogen) atoms. The number of hydrogen-bond donors (Lipinski definition) is 1. The van der Waals surface area contributed by atoms with Gasteiger partial charge in [0.1, 0.15) is 0 Å². The van der Waals surface area contributed by atoms with Gasteiger partial charge in [-0.25, -0.2) is 0 Å². The molecule has 1 N–H and O–H groups in total. The molecular formula is C13H18BrN. The van der Waals surface area contributed by atoms with Gasteiger partial charge in [0.05, 0.1) is 0 Å². The fraction of sp³-hybridized carbons (Fsp3) is 0.385. The molecule has 0 heterocycles. The van der Waals surface area contributed by atoms with Crippen LogP contribution in [0.4, 0.5) is 0 Å². The Kier molecular flexibility index (Phi) is 4.55. The first-order valence-electron chi connectivity index (χ1n) is 5.12. The summed E-state index contributed by atoms with van der Waals surface area (Å²) in [7, 11) is 1.97. The molecule has 1 unspecified atom stereocenters. The summed E-state index contributed by atoms with van der Waals surface area (Å²) < 4.78 is 1.14. The number of halogens is 1. The van der Waals surface area contributed by atoms with E-state index in [4.69, 9.17) is 0 Å². The minimum absolute atomic E-state index is 0.121. The highest BCUT2D eigenvalue weighted by Gasteiger charge is 2.19. The predicted molar refractivity (Wildman–Crippen MR) is 70.1 cm³/mol. The van der Waals surface area contributed by atoms with Crippen molar-refractivity contribution >= 4 is 15.9 Å². The average molecular weight is 268 g/mol. The molecule has 1 atom stereocenters. The lowest BCUT2D eigenvalue weighted by molar-refractivity contribution is 0.406. The predicted octanol–water partition coefficient (Wildman–Crippen LogP) is 3.40. The highest BCUT2D eigenvalue weighted by atomic mass is 79.9. The maximum Gasteiger partial charge on any atom is 0.0178 e. The molecule has 0 spiro atoms. The molecule has 0 saturated carbocycles. The first-order valence-corrected chi connectivity index (χ1v) is 5.91. The monoisotopic (exact) mass is 267 g/mol. The molecule has 0 saturated heterocycles. The number of rotatable bonds is 5. The summed E-state index contributed by atoms with van der Waals surface area (Å²) in [5, 5.41) is 3.21. The molecule has 0 amide bonds. The quantitative estimate of drug-likeness (QED) is 0.807. The van der Waals surface area contributed by atoms with Crippen LogP contribution in [0.1, 0.15) is 12.5 Å². The van der Waals surface area contributed by atoms with Crippen LogP contribution < -0.4 is 5.32 Å². The maximum absolute atomic E-state index is 3.92. The third-order valence-electron chi connectivity index (χ3n) is 2.57. The summed E-state index contributed by atoms with van der Waals surface area (Å²) in [5.74, 6) is 0. The Hall–Kier alpha value is -0.600. The van der Waals surface area contributed by atoms with Crippen LogP contribution in [0.15, 0.2) is 41.4 Å². The van der Waals surface area contributed by atoms with Gasteiger partial charge < -0.3 is 5.32 Å². The number of hydrogen-bond acceptors (Lipinski definition) is 1. The molecule has 1 aromatic carbocycles. The van der Waals surface area contributed by atoms with Crippen molar-refractivity contribution in [1.29, 1.82) is 0 Å². The Morgan fingerprint density at radius 2 is 2.27 bits per heavy atom. The maximum atomic E-state index is 3.92. The van der Waals surface area contributed by atoms with Crippen LogP contribution >= 0.6 is 15.9 Å². The van der Waals surface area contributed by atoms with E-state index < -0.39 is 0 Å². The van der Waals surface area contributed by atoms with E-state index in [1.807, 2.05) is 19.2 Å². The van der Waals surface area contributed by atoms with Gasteiger partial charge in [-0.05, 0) is 31.2 Å². The minimum atomic E-state index is 0.121. The Balaban J connectivity index is 2.78. The topological polar surface area (TPSA) is 12.0 Å². The van der Waals surface area contributed by atoms with E-state index in [0.717, 1.165) is 17.4 Å². The van der Waals surface area contributed by atoms with E-state index in [0.29, 0.717) is 0 Å². The lowest BCUT2D eigenvalue weighted by Crippen LogP contribution is -2.29. The summed E-state index contributed by atoms with van der Waals surface area (Å²) in [6.45, 7) is 7.09. The molecular weight excluding hydrogens is 250 g/mol. The van der Waals surface area contributed by atoms with Crippen molar-refractivity contribution in [3.63, 3.8) is 0 Å². The second-order valence-electron chi connectivity index (χ2n) is 4.20. The van der Waals surface area contributed by atoms with Crippen LogP contribution in [0.3, 0.4) is 0 Å². The lowest BCUT2D eigenvalue weighted by Gasteiger charge is -2.25. The van der Waals surface area contributed by atoms with Crippen molar-refractivity contribution in [2.45, 2.75) is 13.3 Å². The van der Waals surface area contributed by atoms with Crippen molar-refractivity contribution in [3.8, 4) is 0 Å². The van der Waals surface area contributed by atoms with Crippen LogP contribution in [0.5, 0.6) is 0 Å². The van der Waals surface area contributed by atoms with E-state index in [2.05, 4.69) is 52.9 Å². The fourth-order valence-electron chi connectivity index (χ4n) is 1.72. The summed E-state index contributed by atoms with van der Waals surface area (Å²) in [6, 6.07) is 8.44. The molecule has 0 radical (unpaired) electrons. The van der Waals surface area contributed by atoms with Crippen LogP contribution in [-0.2, 0) is 6.42 Å². The van der Waals surface area contributed by atoms with E-state index in [1.165, 1.54) is 5.56 Å². The normalized spacial score (nSPS) is 14.6. The van der Waals surface area contributed by atoms with Gasteiger partial charge in [0.2, 0.25) is 0 Å². The van der Waals surface area contributed by atoms with Crippen LogP contribution in [0, 0.1) is 5.41 Å². The highest BCUT2D eigenvalue weighted by Crippen LogP contribution is 2.24. The van der Waals surface area contributed by atoms with E-state index in [-0.39, 0.29) is 5.41 Å². The number of benzene rings is 1. The summed E-state index contributed by atoms with van der Waals surface area (Å²) in [5.41, 5.74) is 1.46. The van der Waals surface area contributed by atoms with Crippen LogP contribution in [0.25, 0.3) is 0 Å². The van der Waals surface area contributed by atoms with Crippen molar-refractivity contribution in [2.24, 2.45) is 5.41 Å². The molecule has 0 aliphatic rings. The third-order valence-corrected chi connectivity index (χ3v) is 3.06. The largest absolute Gasteiger partial charge is 0.319 e. The molecule has 0 aliphatic heterocycles. The zero-order valence-electron chi connectivity index (χ0n) is 9.39. The lowest BCUT2D eigenvalue weighted by atomic mass is 9.84. The van der Waals surface area contributed by atoms with Gasteiger partial charge in [-0.3, -0.25) is 0 Å². The van der Waals surface area contributed by atoms with E-state index in [9.17, 15) is 0 Å². The van der Waals surface area contributed by atoms with Crippen molar-refractivity contribution < 1.29 is 0 Å². The van der Waals surface area contributed by atoms with Gasteiger partial charge >= 0.3 is 0 Å². The second kappa shape index (κ2) is 5.47. The Morgan fingerprint density at radius 1 is 1.53 bits per heavy atom. The smallest absolute Gasteiger partial charge is 0.0178 e. The molecule has 0 aromatic heterocycles. The summed E-state index contributed by atoms with van der Waals surface area (Å²) in [4.78, 5) is 0. The first-order chi connectivity index (χ1) is 7.09. The van der Waals surface area contributed by atoms with Gasteiger partial charge in [-0.15, -0.1) is 6.58 Å². The van der Waals surface area contributed by atoms with Gasteiger partial charge in [0, 0.05) is 16.4 Å². The standard InChI is InChI=1S/C13H18BrN/c1-4-13(2,10-15-3)9-11-6-5-7-12(14)8-11/h4-8,15H,1,9-10H2,2-3H3. The molecule has 0 aliphatic carbocycles. The van der Waals surface area contributed by atoms with E-state index in [1.54, 1.807) is 0 Å². The highest BCUT2D eigenvalue weighted by molar-refractivity contribution is 9.10. The first kappa shape index (κ1) is 12.5. The molecule has 1 aromatic rings. The molecule has 0 fully saturated rings. The zero-order chi connectivity index (χ0) is 11.3. The van der Waals surface area contributed by atoms with Crippen LogP contribution in [0.2, 0.25) is 0 Å². The Labute approximate surface area is 101 Å². The van der Waals surface area contributed by atoms with Gasteiger partial charge in [-0.1, -0.05) is 41.1 Å². The molecule has 1 nitrogen and oxygen atoms in total.